The van der Waals surface area contributed by atoms with Crippen LogP contribution >= 0.6 is 0 Å². The molecule has 28 heavy (non-hydrogen) atoms. The first-order valence-corrected chi connectivity index (χ1v) is 9.49. The zero-order chi connectivity index (χ0) is 19.8. The van der Waals surface area contributed by atoms with Crippen LogP contribution in [-0.2, 0) is 16.0 Å². The molecular formula is C21H26N4O3. The summed E-state index contributed by atoms with van der Waals surface area (Å²) in [5.41, 5.74) is 1.06. The van der Waals surface area contributed by atoms with E-state index in [2.05, 4.69) is 15.2 Å². The average Bonchev–Trinajstić information content (AvgIpc) is 2.77. The first-order valence-electron chi connectivity index (χ1n) is 9.49. The Kier molecular flexibility index (Phi) is 6.84. The maximum Gasteiger partial charge on any atom is 0.242 e. The van der Waals surface area contributed by atoms with E-state index in [1.807, 2.05) is 42.5 Å². The van der Waals surface area contributed by atoms with Gasteiger partial charge in [0.05, 0.1) is 13.7 Å². The monoisotopic (exact) mass is 382 g/mol. The number of ether oxygens (including phenoxy) is 1. The van der Waals surface area contributed by atoms with E-state index in [0.29, 0.717) is 25.9 Å². The summed E-state index contributed by atoms with van der Waals surface area (Å²) in [7, 11) is 1.62. The van der Waals surface area contributed by atoms with Gasteiger partial charge in [0, 0.05) is 38.8 Å². The van der Waals surface area contributed by atoms with Crippen LogP contribution in [0.2, 0.25) is 0 Å². The molecule has 1 aliphatic heterocycles. The lowest BCUT2D eigenvalue weighted by molar-refractivity contribution is -0.133. The van der Waals surface area contributed by atoms with Crippen molar-refractivity contribution in [3.05, 3.63) is 54.2 Å². The fraction of sp³-hybridized carbons (Fsp3) is 0.381. The van der Waals surface area contributed by atoms with Crippen molar-refractivity contribution in [3.63, 3.8) is 0 Å². The molecule has 1 N–H and O–H groups in total. The SMILES string of the molecule is COc1ccc(CCC(=O)NCC(=O)N2CCN(c3ccccn3)CC2)cc1. The van der Waals surface area contributed by atoms with Crippen LogP contribution in [0.1, 0.15) is 12.0 Å². The molecule has 7 heteroatoms. The Morgan fingerprint density at radius 2 is 1.82 bits per heavy atom. The van der Waals surface area contributed by atoms with E-state index in [9.17, 15) is 9.59 Å². The zero-order valence-electron chi connectivity index (χ0n) is 16.1. The van der Waals surface area contributed by atoms with E-state index in [1.165, 1.54) is 0 Å². The van der Waals surface area contributed by atoms with Crippen LogP contribution in [0.4, 0.5) is 5.82 Å². The van der Waals surface area contributed by atoms with Gasteiger partial charge in [-0.05, 0) is 36.2 Å². The first-order chi connectivity index (χ1) is 13.7. The van der Waals surface area contributed by atoms with Gasteiger partial charge in [0.25, 0.3) is 0 Å². The van der Waals surface area contributed by atoms with E-state index < -0.39 is 0 Å². The predicted molar refractivity (Wildman–Crippen MR) is 107 cm³/mol. The lowest BCUT2D eigenvalue weighted by atomic mass is 10.1. The van der Waals surface area contributed by atoms with Crippen molar-refractivity contribution in [2.24, 2.45) is 0 Å². The molecule has 0 radical (unpaired) electrons. The second-order valence-electron chi connectivity index (χ2n) is 6.68. The molecule has 3 rings (SSSR count). The molecule has 0 aliphatic carbocycles. The van der Waals surface area contributed by atoms with Crippen LogP contribution in [0.3, 0.4) is 0 Å². The second kappa shape index (κ2) is 9.73. The number of pyridine rings is 1. The largest absolute Gasteiger partial charge is 0.497 e. The number of aryl methyl sites for hydroxylation is 1. The molecule has 0 saturated carbocycles. The Morgan fingerprint density at radius 1 is 1.07 bits per heavy atom. The molecule has 0 atom stereocenters. The Morgan fingerprint density at radius 3 is 2.46 bits per heavy atom. The van der Waals surface area contributed by atoms with E-state index in [1.54, 1.807) is 18.2 Å². The number of anilines is 1. The highest BCUT2D eigenvalue weighted by Gasteiger charge is 2.21. The normalized spacial score (nSPS) is 13.9. The predicted octanol–water partition coefficient (Wildman–Crippen LogP) is 1.49. The first kappa shape index (κ1) is 19.7. The Labute approximate surface area is 165 Å². The third kappa shape index (κ3) is 5.45. The fourth-order valence-corrected chi connectivity index (χ4v) is 3.15. The number of hydrogen-bond acceptors (Lipinski definition) is 5. The molecule has 1 saturated heterocycles. The summed E-state index contributed by atoms with van der Waals surface area (Å²) in [5, 5.41) is 2.73. The molecule has 1 fully saturated rings. The molecular weight excluding hydrogens is 356 g/mol. The molecule has 0 spiro atoms. The van der Waals surface area contributed by atoms with Crippen molar-refractivity contribution in [1.82, 2.24) is 15.2 Å². The fourth-order valence-electron chi connectivity index (χ4n) is 3.15. The number of amides is 2. The Balaban J connectivity index is 1.36. The van der Waals surface area contributed by atoms with Crippen molar-refractivity contribution in [3.8, 4) is 5.75 Å². The number of benzene rings is 1. The molecule has 1 aromatic carbocycles. The number of nitrogens with zero attached hydrogens (tertiary/aromatic N) is 3. The van der Waals surface area contributed by atoms with Gasteiger partial charge in [-0.3, -0.25) is 9.59 Å². The number of methoxy groups -OCH3 is 1. The van der Waals surface area contributed by atoms with Crippen molar-refractivity contribution in [2.45, 2.75) is 12.8 Å². The van der Waals surface area contributed by atoms with E-state index in [4.69, 9.17) is 4.74 Å². The lowest BCUT2D eigenvalue weighted by Crippen LogP contribution is -2.51. The summed E-state index contributed by atoms with van der Waals surface area (Å²) in [6.45, 7) is 2.81. The van der Waals surface area contributed by atoms with E-state index >= 15 is 0 Å². The molecule has 2 heterocycles. The van der Waals surface area contributed by atoms with Crippen LogP contribution in [-0.4, -0.2) is 61.5 Å². The minimum atomic E-state index is -0.115. The van der Waals surface area contributed by atoms with Crippen LogP contribution < -0.4 is 15.0 Å². The molecule has 0 unspecified atom stereocenters. The van der Waals surface area contributed by atoms with Crippen LogP contribution in [0.5, 0.6) is 5.75 Å². The zero-order valence-corrected chi connectivity index (χ0v) is 16.1. The van der Waals surface area contributed by atoms with Crippen LogP contribution in [0, 0.1) is 0 Å². The average molecular weight is 382 g/mol. The van der Waals surface area contributed by atoms with E-state index in [-0.39, 0.29) is 18.4 Å². The third-order valence-electron chi connectivity index (χ3n) is 4.84. The smallest absolute Gasteiger partial charge is 0.242 e. The van der Waals surface area contributed by atoms with Gasteiger partial charge in [0.15, 0.2) is 0 Å². The highest BCUT2D eigenvalue weighted by molar-refractivity contribution is 5.85. The summed E-state index contributed by atoms with van der Waals surface area (Å²) in [6.07, 6.45) is 2.76. The molecule has 148 valence electrons. The standard InChI is InChI=1S/C21H26N4O3/c1-28-18-8-5-17(6-9-18)7-10-20(26)23-16-21(27)25-14-12-24(13-15-25)19-4-2-3-11-22-19/h2-6,8-9,11H,7,10,12-16H2,1H3,(H,23,26). The summed E-state index contributed by atoms with van der Waals surface area (Å²) in [5.74, 6) is 1.57. The Hall–Kier alpha value is -3.09. The molecule has 2 amide bonds. The highest BCUT2D eigenvalue weighted by Crippen LogP contribution is 2.13. The molecule has 2 aromatic rings. The van der Waals surface area contributed by atoms with Gasteiger partial charge in [-0.2, -0.15) is 0 Å². The van der Waals surface area contributed by atoms with Gasteiger partial charge in [-0.1, -0.05) is 18.2 Å². The second-order valence-corrected chi connectivity index (χ2v) is 6.68. The minimum absolute atomic E-state index is 0.0431. The summed E-state index contributed by atoms with van der Waals surface area (Å²) < 4.78 is 5.12. The van der Waals surface area contributed by atoms with Gasteiger partial charge < -0.3 is 19.9 Å². The lowest BCUT2D eigenvalue weighted by Gasteiger charge is -2.35. The Bertz CT molecular complexity index is 772. The number of piperazine rings is 1. The topological polar surface area (TPSA) is 74.8 Å². The maximum absolute atomic E-state index is 12.4. The van der Waals surface area contributed by atoms with Gasteiger partial charge in [-0.15, -0.1) is 0 Å². The van der Waals surface area contributed by atoms with Crippen molar-refractivity contribution in [2.75, 3.05) is 44.7 Å². The van der Waals surface area contributed by atoms with Crippen LogP contribution in [0.25, 0.3) is 0 Å². The van der Waals surface area contributed by atoms with Gasteiger partial charge in [0.1, 0.15) is 11.6 Å². The number of rotatable bonds is 7. The van der Waals surface area contributed by atoms with Crippen molar-refractivity contribution >= 4 is 17.6 Å². The molecule has 0 bridgehead atoms. The minimum Gasteiger partial charge on any atom is -0.497 e. The van der Waals surface area contributed by atoms with E-state index in [0.717, 1.165) is 30.2 Å². The molecule has 7 nitrogen and oxygen atoms in total. The summed E-state index contributed by atoms with van der Waals surface area (Å²) >= 11 is 0. The van der Waals surface area contributed by atoms with Gasteiger partial charge in [0.2, 0.25) is 11.8 Å². The number of carbonyl (C=O) groups is 2. The molecule has 1 aliphatic rings. The van der Waals surface area contributed by atoms with Crippen molar-refractivity contribution < 1.29 is 14.3 Å². The van der Waals surface area contributed by atoms with Gasteiger partial charge in [-0.25, -0.2) is 4.98 Å². The van der Waals surface area contributed by atoms with Crippen molar-refractivity contribution in [1.29, 1.82) is 0 Å². The maximum atomic E-state index is 12.4. The number of nitrogens with one attached hydrogen (secondary N) is 1. The molecule has 1 aromatic heterocycles. The summed E-state index contributed by atoms with van der Waals surface area (Å²) in [6, 6.07) is 13.5. The summed E-state index contributed by atoms with van der Waals surface area (Å²) in [4.78, 5) is 32.7. The highest BCUT2D eigenvalue weighted by atomic mass is 16.5. The number of hydrogen-bond donors (Lipinski definition) is 1. The number of carbonyl (C=O) groups excluding carboxylic acids is 2. The quantitative estimate of drug-likeness (QED) is 0.785. The van der Waals surface area contributed by atoms with Crippen LogP contribution in [0.15, 0.2) is 48.7 Å². The third-order valence-corrected chi connectivity index (χ3v) is 4.84. The number of aromatic nitrogens is 1. The van der Waals surface area contributed by atoms with Gasteiger partial charge >= 0.3 is 0 Å².